The summed E-state index contributed by atoms with van der Waals surface area (Å²) in [6.07, 6.45) is 9.88. The Hall–Kier alpha value is -1.21. The maximum Gasteiger partial charge on any atom is 0.323 e. The summed E-state index contributed by atoms with van der Waals surface area (Å²) in [5.74, 6) is 0.762. The molecule has 1 aromatic heterocycles. The molecular weight excluding hydrogens is 322 g/mol. The molecule has 1 aromatic rings. The van der Waals surface area contributed by atoms with Gasteiger partial charge in [0, 0.05) is 31.6 Å². The van der Waals surface area contributed by atoms with Gasteiger partial charge >= 0.3 is 6.03 Å². The van der Waals surface area contributed by atoms with Crippen molar-refractivity contribution in [2.75, 3.05) is 25.5 Å². The molecule has 0 spiro atoms. The van der Waals surface area contributed by atoms with Crippen LogP contribution in [-0.2, 0) is 6.42 Å². The lowest BCUT2D eigenvalue weighted by Crippen LogP contribution is -2.41. The minimum Gasteiger partial charge on any atom is -0.323 e. The van der Waals surface area contributed by atoms with Gasteiger partial charge in [0.15, 0.2) is 0 Å². The largest absolute Gasteiger partial charge is 0.323 e. The molecule has 1 aliphatic carbocycles. The fraction of sp³-hybridized carbons (Fsp3) is 0.824. The monoisotopic (exact) mass is 349 g/mol. The van der Waals surface area contributed by atoms with E-state index in [4.69, 9.17) is 0 Å². The normalized spacial score (nSPS) is 28.3. The number of hydrogen-bond donors (Lipinski definition) is 1. The Balaban J connectivity index is 1.33. The Morgan fingerprint density at radius 1 is 1.17 bits per heavy atom. The molecule has 2 saturated heterocycles. The van der Waals surface area contributed by atoms with Crippen molar-refractivity contribution in [1.29, 1.82) is 0 Å². The predicted molar refractivity (Wildman–Crippen MR) is 95.4 cm³/mol. The third kappa shape index (κ3) is 3.42. The van der Waals surface area contributed by atoms with Gasteiger partial charge < -0.3 is 4.90 Å². The van der Waals surface area contributed by atoms with E-state index in [-0.39, 0.29) is 6.03 Å². The molecule has 4 rings (SSSR count). The van der Waals surface area contributed by atoms with Crippen molar-refractivity contribution in [3.05, 3.63) is 5.01 Å². The van der Waals surface area contributed by atoms with Gasteiger partial charge in [-0.2, -0.15) is 0 Å². The van der Waals surface area contributed by atoms with Crippen LogP contribution in [0.4, 0.5) is 9.93 Å². The number of hydrogen-bond acceptors (Lipinski definition) is 5. The number of nitrogens with one attached hydrogen (secondary N) is 1. The summed E-state index contributed by atoms with van der Waals surface area (Å²) in [4.78, 5) is 17.0. The molecule has 3 aliphatic rings. The van der Waals surface area contributed by atoms with E-state index in [0.717, 1.165) is 36.9 Å². The third-order valence-electron chi connectivity index (χ3n) is 6.05. The Morgan fingerprint density at radius 3 is 2.79 bits per heavy atom. The second-order valence-corrected chi connectivity index (χ2v) is 8.63. The average Bonchev–Trinajstić information content (AvgIpc) is 3.24. The van der Waals surface area contributed by atoms with Crippen molar-refractivity contribution in [2.45, 2.75) is 63.5 Å². The summed E-state index contributed by atoms with van der Waals surface area (Å²) in [6.45, 7) is 1.66. The minimum absolute atomic E-state index is 0.0143. The molecule has 2 bridgehead atoms. The number of carbonyl (C=O) groups excluding carboxylic acids is 1. The number of carbonyl (C=O) groups is 1. The van der Waals surface area contributed by atoms with Gasteiger partial charge in [-0.3, -0.25) is 10.2 Å². The first-order chi connectivity index (χ1) is 11.7. The van der Waals surface area contributed by atoms with Crippen LogP contribution < -0.4 is 5.32 Å². The van der Waals surface area contributed by atoms with E-state index in [1.807, 2.05) is 4.90 Å². The van der Waals surface area contributed by atoms with E-state index in [0.29, 0.717) is 17.2 Å². The highest BCUT2D eigenvalue weighted by atomic mass is 32.1. The molecule has 6 nitrogen and oxygen atoms in total. The second-order valence-electron chi connectivity index (χ2n) is 7.57. The summed E-state index contributed by atoms with van der Waals surface area (Å²) in [6, 6.07) is 1.14. The van der Waals surface area contributed by atoms with Gasteiger partial charge in [-0.15, -0.1) is 10.2 Å². The average molecular weight is 350 g/mol. The first-order valence-corrected chi connectivity index (χ1v) is 10.1. The number of rotatable bonds is 3. The molecule has 3 fully saturated rings. The van der Waals surface area contributed by atoms with Crippen molar-refractivity contribution >= 4 is 22.5 Å². The Bertz CT molecular complexity index is 585. The lowest BCUT2D eigenvalue weighted by Gasteiger charge is -2.25. The molecule has 1 saturated carbocycles. The number of likely N-dealkylation sites (tertiary alicyclic amines) is 1. The topological polar surface area (TPSA) is 61.4 Å². The highest BCUT2D eigenvalue weighted by Crippen LogP contribution is 2.30. The molecule has 0 aromatic carbocycles. The number of amides is 2. The van der Waals surface area contributed by atoms with Crippen LogP contribution in [0, 0.1) is 5.92 Å². The van der Waals surface area contributed by atoms with Gasteiger partial charge in [-0.25, -0.2) is 4.79 Å². The Labute approximate surface area is 147 Å². The molecule has 3 heterocycles. The molecular formula is C17H27N5OS. The van der Waals surface area contributed by atoms with Crippen molar-refractivity contribution < 1.29 is 4.79 Å². The molecule has 24 heavy (non-hydrogen) atoms. The van der Waals surface area contributed by atoms with Gasteiger partial charge in [0.2, 0.25) is 5.13 Å². The van der Waals surface area contributed by atoms with E-state index >= 15 is 0 Å². The third-order valence-corrected chi connectivity index (χ3v) is 6.92. The van der Waals surface area contributed by atoms with Crippen LogP contribution in [0.5, 0.6) is 0 Å². The van der Waals surface area contributed by atoms with E-state index < -0.39 is 0 Å². The summed E-state index contributed by atoms with van der Waals surface area (Å²) >= 11 is 1.54. The van der Waals surface area contributed by atoms with E-state index in [1.165, 1.54) is 38.5 Å². The number of urea groups is 1. The van der Waals surface area contributed by atoms with E-state index in [9.17, 15) is 4.79 Å². The predicted octanol–water partition coefficient (Wildman–Crippen LogP) is 2.97. The van der Waals surface area contributed by atoms with Gasteiger partial charge in [0.1, 0.15) is 5.01 Å². The molecule has 0 unspecified atom stereocenters. The van der Waals surface area contributed by atoms with Gasteiger partial charge in [0.05, 0.1) is 0 Å². The molecule has 132 valence electrons. The Kier molecular flexibility index (Phi) is 4.72. The van der Waals surface area contributed by atoms with Gasteiger partial charge in [0.25, 0.3) is 0 Å². The Morgan fingerprint density at radius 2 is 1.96 bits per heavy atom. The highest BCUT2D eigenvalue weighted by molar-refractivity contribution is 7.15. The molecule has 0 radical (unpaired) electrons. The first kappa shape index (κ1) is 16.3. The number of fused-ring (bicyclic) bond motifs is 2. The van der Waals surface area contributed by atoms with Crippen molar-refractivity contribution in [3.8, 4) is 0 Å². The first-order valence-electron chi connectivity index (χ1n) is 9.29. The quantitative estimate of drug-likeness (QED) is 0.911. The summed E-state index contributed by atoms with van der Waals surface area (Å²) in [5.41, 5.74) is 0. The maximum absolute atomic E-state index is 12.6. The zero-order chi connectivity index (χ0) is 16.5. The molecule has 1 N–H and O–H groups in total. The van der Waals surface area contributed by atoms with Crippen LogP contribution in [0.3, 0.4) is 0 Å². The van der Waals surface area contributed by atoms with Crippen LogP contribution in [0.2, 0.25) is 0 Å². The SMILES string of the molecule is CN1[C@H]2CC[C@H]1CN(C(=O)Nc1nnc(CC3CCCC3)s1)CC2. The lowest BCUT2D eigenvalue weighted by atomic mass is 10.1. The van der Waals surface area contributed by atoms with Crippen molar-refractivity contribution in [1.82, 2.24) is 20.0 Å². The highest BCUT2D eigenvalue weighted by Gasteiger charge is 2.36. The smallest absolute Gasteiger partial charge is 0.323 e. The van der Waals surface area contributed by atoms with Crippen molar-refractivity contribution in [2.24, 2.45) is 5.92 Å². The molecule has 7 heteroatoms. The molecule has 2 amide bonds. The fourth-order valence-electron chi connectivity index (χ4n) is 4.51. The zero-order valence-corrected chi connectivity index (χ0v) is 15.2. The maximum atomic E-state index is 12.6. The standard InChI is InChI=1S/C17H27N5OS/c1-21-13-6-7-14(21)11-22(9-8-13)17(23)18-16-20-19-15(24-16)10-12-4-2-3-5-12/h12-14H,2-11H2,1H3,(H,18,20,23)/t13-,14-/m0/s1. The van der Waals surface area contributed by atoms with Gasteiger partial charge in [-0.05, 0) is 32.2 Å². The van der Waals surface area contributed by atoms with Gasteiger partial charge in [-0.1, -0.05) is 37.0 Å². The molecule has 2 aliphatic heterocycles. The number of anilines is 1. The van der Waals surface area contributed by atoms with Crippen molar-refractivity contribution in [3.63, 3.8) is 0 Å². The zero-order valence-electron chi connectivity index (χ0n) is 14.4. The van der Waals surface area contributed by atoms with Crippen LogP contribution >= 0.6 is 11.3 Å². The fourth-order valence-corrected chi connectivity index (χ4v) is 5.36. The second kappa shape index (κ2) is 6.96. The number of aromatic nitrogens is 2. The van der Waals surface area contributed by atoms with E-state index in [1.54, 1.807) is 11.3 Å². The summed E-state index contributed by atoms with van der Waals surface area (Å²) in [7, 11) is 2.20. The summed E-state index contributed by atoms with van der Waals surface area (Å²) < 4.78 is 0. The van der Waals surface area contributed by atoms with E-state index in [2.05, 4.69) is 27.5 Å². The van der Waals surface area contributed by atoms with Crippen LogP contribution in [0.25, 0.3) is 0 Å². The lowest BCUT2D eigenvalue weighted by molar-refractivity contribution is 0.200. The number of nitrogens with zero attached hydrogens (tertiary/aromatic N) is 4. The minimum atomic E-state index is -0.0143. The van der Waals surface area contributed by atoms with Crippen LogP contribution in [0.15, 0.2) is 0 Å². The number of likely N-dealkylation sites (N-methyl/N-ethyl adjacent to an activating group) is 1. The van der Waals surface area contributed by atoms with Crippen LogP contribution in [0.1, 0.15) is 50.0 Å². The molecule has 2 atom stereocenters. The summed E-state index contributed by atoms with van der Waals surface area (Å²) in [5, 5.41) is 13.1. The van der Waals surface area contributed by atoms with Crippen LogP contribution in [-0.4, -0.2) is 58.2 Å².